The maximum atomic E-state index is 11.4. The molecule has 18 heteroatoms. The molecule has 0 radical (unpaired) electrons. The SMILES string of the molecule is CC(=O)Cc1cccc(-c2cnc3c(c2)C(C)=NC3)c1.CC(=O)Nc1cccc(B(O)O)c1.COc1ccc(C[n+]2cn(C)c3cc(-c4cccc(CC(C)=O)c4)cnc32)cc1.COc1ccc(C[n+]2cn(C)c3cc(Br)cnc32)cc1. The van der Waals surface area contributed by atoms with Gasteiger partial charge in [-0.05, 0) is 124 Å². The van der Waals surface area contributed by atoms with Crippen molar-refractivity contribution in [2.24, 2.45) is 19.1 Å². The van der Waals surface area contributed by atoms with E-state index in [2.05, 4.69) is 134 Å². The van der Waals surface area contributed by atoms with Crippen LogP contribution in [-0.4, -0.2) is 78.7 Å². The van der Waals surface area contributed by atoms with Crippen molar-refractivity contribution in [3.63, 3.8) is 0 Å². The summed E-state index contributed by atoms with van der Waals surface area (Å²) >= 11 is 3.46. The number of pyridine rings is 3. The van der Waals surface area contributed by atoms with Crippen LogP contribution in [0, 0.1) is 0 Å². The molecule has 0 spiro atoms. The summed E-state index contributed by atoms with van der Waals surface area (Å²) in [6.45, 7) is 8.85. The van der Waals surface area contributed by atoms with E-state index in [9.17, 15) is 14.4 Å². The molecule has 0 unspecified atom stereocenters. The van der Waals surface area contributed by atoms with E-state index in [1.165, 1.54) is 24.1 Å². The molecule has 6 heterocycles. The number of carbonyl (C=O) groups excluding carboxylic acids is 3. The number of hydrogen-bond acceptors (Lipinski definition) is 11. The Morgan fingerprint density at radius 2 is 1.11 bits per heavy atom. The average molecular weight is 1160 g/mol. The van der Waals surface area contributed by atoms with Crippen LogP contribution in [0.4, 0.5) is 5.69 Å². The molecule has 11 rings (SSSR count). The number of aliphatic imine (C=N–C) groups is 1. The van der Waals surface area contributed by atoms with Gasteiger partial charge in [0.15, 0.2) is 23.7 Å². The second-order valence-corrected chi connectivity index (χ2v) is 20.8. The maximum absolute atomic E-state index is 11.4. The third kappa shape index (κ3) is 15.7. The van der Waals surface area contributed by atoms with Crippen LogP contribution in [0.1, 0.15) is 61.2 Å². The topological polar surface area (TPSA) is 191 Å². The molecule has 0 atom stereocenters. The number of benzene rings is 5. The number of aryl methyl sites for hydroxylation is 2. The zero-order chi connectivity index (χ0) is 58.5. The molecule has 82 heavy (non-hydrogen) atoms. The van der Waals surface area contributed by atoms with E-state index < -0.39 is 7.12 Å². The summed E-state index contributed by atoms with van der Waals surface area (Å²) in [6, 6.07) is 45.1. The number of rotatable bonds is 14. The lowest BCUT2D eigenvalue weighted by Crippen LogP contribution is -2.33. The highest BCUT2D eigenvalue weighted by molar-refractivity contribution is 9.10. The molecule has 5 aromatic heterocycles. The van der Waals surface area contributed by atoms with Crippen molar-refractivity contribution in [1.82, 2.24) is 24.1 Å². The summed E-state index contributed by atoms with van der Waals surface area (Å²) in [5.74, 6) is 1.88. The van der Waals surface area contributed by atoms with Gasteiger partial charge in [-0.3, -0.25) is 33.5 Å². The Morgan fingerprint density at radius 3 is 1.62 bits per heavy atom. The largest absolute Gasteiger partial charge is 0.497 e. The van der Waals surface area contributed by atoms with Gasteiger partial charge in [-0.25, -0.2) is 9.13 Å². The Kier molecular flexibility index (Phi) is 19.8. The van der Waals surface area contributed by atoms with Gasteiger partial charge in [-0.2, -0.15) is 0 Å². The predicted octanol–water partition coefficient (Wildman–Crippen LogP) is 8.92. The lowest BCUT2D eigenvalue weighted by Gasteiger charge is -2.07. The molecule has 0 fully saturated rings. The smallest absolute Gasteiger partial charge is 0.488 e. The number of fused-ring (bicyclic) bond motifs is 3. The fourth-order valence-electron chi connectivity index (χ4n) is 9.37. The van der Waals surface area contributed by atoms with Gasteiger partial charge in [-0.1, -0.05) is 84.9 Å². The molecular weight excluding hydrogens is 1100 g/mol. The van der Waals surface area contributed by atoms with E-state index in [4.69, 9.17) is 24.5 Å². The number of amides is 1. The van der Waals surface area contributed by atoms with Crippen LogP contribution in [0.25, 0.3) is 44.6 Å². The summed E-state index contributed by atoms with van der Waals surface area (Å²) in [4.78, 5) is 51.5. The minimum Gasteiger partial charge on any atom is -0.497 e. The first-order valence-corrected chi connectivity index (χ1v) is 27.2. The highest BCUT2D eigenvalue weighted by Gasteiger charge is 2.19. The zero-order valence-electron chi connectivity index (χ0n) is 47.2. The minimum absolute atomic E-state index is 0.165. The minimum atomic E-state index is -1.51. The molecule has 0 saturated heterocycles. The number of halogens is 1. The Bertz CT molecular complexity index is 3940. The number of ketones is 2. The molecule has 1 amide bonds. The number of Topliss-reactive ketones (excluding diaryl/α,β-unsaturated/α-hetero) is 2. The predicted molar refractivity (Wildman–Crippen MR) is 324 cm³/mol. The molecular formula is C64H65BBrN9O7+2. The standard InChI is InChI=1S/C24H24N3O2.C17H16N2O.C15H15BrN3O.C8H10BNO3/c1-17(28)11-19-5-4-6-20(12-19)21-13-23-24(25-14-21)27(16-26(23)2)15-18-7-9-22(29-3)10-8-18;1-11(20)6-13-4-3-5-14(7-13)15-8-16-12(2)18-10-17(16)19-9-15;1-18-10-19(15-14(18)7-12(16)8-17-15)9-11-3-5-13(20-2)6-4-11;1-6(11)10-8-4-2-3-7(5-8)9(12)13/h4-10,12-14,16H,11,15H2,1-3H3;3-5,7-9H,6,10H2,1-2H3;3-8,10H,9H2,1-2H3;2-5,12-13H,1H3,(H,10,11)/q+1;;+1;. The molecule has 5 aromatic carbocycles. The second kappa shape index (κ2) is 27.5. The number of imidazole rings is 2. The van der Waals surface area contributed by atoms with Gasteiger partial charge in [0, 0.05) is 60.1 Å². The normalized spacial score (nSPS) is 11.2. The van der Waals surface area contributed by atoms with E-state index in [0.29, 0.717) is 30.5 Å². The van der Waals surface area contributed by atoms with Crippen LogP contribution in [-0.2, 0) is 61.0 Å². The van der Waals surface area contributed by atoms with Gasteiger partial charge in [-0.15, -0.1) is 9.97 Å². The van der Waals surface area contributed by atoms with Gasteiger partial charge >= 0.3 is 18.4 Å². The monoisotopic (exact) mass is 1160 g/mol. The summed E-state index contributed by atoms with van der Waals surface area (Å²) < 4.78 is 19.9. The van der Waals surface area contributed by atoms with E-state index in [1.807, 2.05) is 88.1 Å². The zero-order valence-corrected chi connectivity index (χ0v) is 48.8. The third-order valence-corrected chi connectivity index (χ3v) is 13.8. The summed E-state index contributed by atoms with van der Waals surface area (Å²) in [5, 5.41) is 20.2. The Balaban J connectivity index is 0.000000149. The highest BCUT2D eigenvalue weighted by atomic mass is 79.9. The number of methoxy groups -OCH3 is 2. The fraction of sp³-hybridized carbons (Fsp3) is 0.203. The van der Waals surface area contributed by atoms with Crippen LogP contribution in [0.5, 0.6) is 11.5 Å². The van der Waals surface area contributed by atoms with E-state index in [1.54, 1.807) is 46.3 Å². The van der Waals surface area contributed by atoms with Crippen molar-refractivity contribution in [2.75, 3.05) is 19.5 Å². The fourth-order valence-corrected chi connectivity index (χ4v) is 9.69. The number of hydrogen-bond donors (Lipinski definition) is 3. The molecule has 16 nitrogen and oxygen atoms in total. The average Bonchev–Trinajstić information content (AvgIpc) is 4.15. The summed E-state index contributed by atoms with van der Waals surface area (Å²) in [5.41, 5.74) is 17.0. The Labute approximate surface area is 485 Å². The lowest BCUT2D eigenvalue weighted by atomic mass is 9.80. The second-order valence-electron chi connectivity index (χ2n) is 19.9. The van der Waals surface area contributed by atoms with Gasteiger partial charge in [0.05, 0.1) is 58.1 Å². The van der Waals surface area contributed by atoms with E-state index in [0.717, 1.165) is 102 Å². The first kappa shape index (κ1) is 59.2. The lowest BCUT2D eigenvalue weighted by molar-refractivity contribution is -0.665. The molecule has 0 saturated carbocycles. The van der Waals surface area contributed by atoms with Crippen LogP contribution < -0.4 is 29.4 Å². The first-order chi connectivity index (χ1) is 39.4. The molecule has 10 aromatic rings. The van der Waals surface area contributed by atoms with Gasteiger partial charge in [0.1, 0.15) is 35.5 Å². The van der Waals surface area contributed by atoms with Crippen molar-refractivity contribution in [1.29, 1.82) is 0 Å². The number of nitrogens with one attached hydrogen (secondary N) is 1. The quantitative estimate of drug-likeness (QED) is 0.0700. The summed E-state index contributed by atoms with van der Waals surface area (Å²) in [6.07, 6.45) is 10.7. The van der Waals surface area contributed by atoms with Crippen molar-refractivity contribution in [3.8, 4) is 33.8 Å². The third-order valence-electron chi connectivity index (χ3n) is 13.4. The highest BCUT2D eigenvalue weighted by Crippen LogP contribution is 2.27. The number of nitrogens with zero attached hydrogens (tertiary/aromatic N) is 8. The van der Waals surface area contributed by atoms with Gasteiger partial charge in [0.2, 0.25) is 5.91 Å². The van der Waals surface area contributed by atoms with Crippen molar-refractivity contribution in [2.45, 2.75) is 60.2 Å². The molecule has 1 aliphatic rings. The Morgan fingerprint density at radius 1 is 0.610 bits per heavy atom. The van der Waals surface area contributed by atoms with Crippen molar-refractivity contribution < 1.29 is 43.0 Å². The number of anilines is 1. The Hall–Kier alpha value is -8.97. The van der Waals surface area contributed by atoms with Gasteiger partial charge < -0.3 is 24.8 Å². The number of ether oxygens (including phenoxy) is 2. The van der Waals surface area contributed by atoms with E-state index in [-0.39, 0.29) is 17.5 Å². The van der Waals surface area contributed by atoms with Gasteiger partial charge in [0.25, 0.3) is 0 Å². The van der Waals surface area contributed by atoms with Crippen LogP contribution >= 0.6 is 15.9 Å². The molecule has 416 valence electrons. The molecule has 0 aliphatic carbocycles. The van der Waals surface area contributed by atoms with E-state index >= 15 is 0 Å². The van der Waals surface area contributed by atoms with Crippen molar-refractivity contribution >= 4 is 79.7 Å². The molecule has 0 bridgehead atoms. The van der Waals surface area contributed by atoms with Crippen LogP contribution in [0.2, 0.25) is 0 Å². The first-order valence-electron chi connectivity index (χ1n) is 26.5. The number of aromatic nitrogens is 7. The number of carbonyl (C=O) groups is 3. The van der Waals surface area contributed by atoms with Crippen molar-refractivity contribution in [3.05, 3.63) is 209 Å². The van der Waals surface area contributed by atoms with Crippen LogP contribution in [0.15, 0.2) is 180 Å². The molecule has 3 N–H and O–H groups in total. The summed E-state index contributed by atoms with van der Waals surface area (Å²) in [7, 11) is 5.90. The molecule has 1 aliphatic heterocycles. The van der Waals surface area contributed by atoms with Crippen LogP contribution in [0.3, 0.4) is 0 Å². The maximum Gasteiger partial charge on any atom is 0.488 e.